The summed E-state index contributed by atoms with van der Waals surface area (Å²) in [7, 11) is 0. The molecule has 0 aliphatic carbocycles. The van der Waals surface area contributed by atoms with E-state index in [-0.39, 0.29) is 0 Å². The molecule has 2 rings (SSSR count). The lowest BCUT2D eigenvalue weighted by atomic mass is 10.1. The molecule has 3 heteroatoms. The van der Waals surface area contributed by atoms with E-state index in [9.17, 15) is 5.26 Å². The van der Waals surface area contributed by atoms with Crippen LogP contribution in [-0.4, -0.2) is 17.6 Å². The molecule has 0 saturated heterocycles. The molecule has 2 aromatic rings. The van der Waals surface area contributed by atoms with E-state index in [0.717, 1.165) is 42.5 Å². The molecule has 1 aromatic carbocycles. The molecule has 110 valence electrons. The van der Waals surface area contributed by atoms with Gasteiger partial charge in [-0.3, -0.25) is 0 Å². The minimum absolute atomic E-state index is 0.428. The predicted octanol–water partition coefficient (Wildman–Crippen LogP) is 4.51. The van der Waals surface area contributed by atoms with Crippen molar-refractivity contribution in [1.82, 2.24) is 4.98 Å². The Hall–Kier alpha value is -2.08. The van der Waals surface area contributed by atoms with E-state index in [1.165, 1.54) is 0 Å². The second-order valence-electron chi connectivity index (χ2n) is 5.46. The van der Waals surface area contributed by atoms with Crippen molar-refractivity contribution in [3.63, 3.8) is 0 Å². The Morgan fingerprint density at radius 3 is 2.71 bits per heavy atom. The smallest absolute Gasteiger partial charge is 0.130 e. The van der Waals surface area contributed by atoms with Gasteiger partial charge in [0.2, 0.25) is 0 Å². The first-order valence-electron chi connectivity index (χ1n) is 7.77. The van der Waals surface area contributed by atoms with E-state index in [2.05, 4.69) is 31.7 Å². The second-order valence-corrected chi connectivity index (χ2v) is 5.46. The summed E-state index contributed by atoms with van der Waals surface area (Å²) in [4.78, 5) is 7.11. The molecule has 0 fully saturated rings. The predicted molar refractivity (Wildman–Crippen MR) is 88.5 cm³/mol. The number of rotatable bonds is 6. The summed E-state index contributed by atoms with van der Waals surface area (Å²) in [6.45, 7) is 7.60. The SMILES string of the molecule is CCCCN(c1cc(C#N)c2ccccc2n1)C(C)CC. The maximum absolute atomic E-state index is 9.42. The van der Waals surface area contributed by atoms with Crippen LogP contribution in [0, 0.1) is 11.3 Å². The van der Waals surface area contributed by atoms with Gasteiger partial charge in [-0.15, -0.1) is 0 Å². The van der Waals surface area contributed by atoms with E-state index in [4.69, 9.17) is 4.98 Å². The van der Waals surface area contributed by atoms with Gasteiger partial charge in [0, 0.05) is 18.0 Å². The van der Waals surface area contributed by atoms with E-state index in [0.29, 0.717) is 11.6 Å². The van der Waals surface area contributed by atoms with Gasteiger partial charge in [0.15, 0.2) is 0 Å². The van der Waals surface area contributed by atoms with Gasteiger partial charge in [0.1, 0.15) is 5.82 Å². The normalized spacial score (nSPS) is 12.1. The highest BCUT2D eigenvalue weighted by Gasteiger charge is 2.16. The van der Waals surface area contributed by atoms with Crippen molar-refractivity contribution >= 4 is 16.7 Å². The molecule has 0 amide bonds. The summed E-state index contributed by atoms with van der Waals surface area (Å²) in [5.41, 5.74) is 1.61. The maximum Gasteiger partial charge on any atom is 0.130 e. The number of aromatic nitrogens is 1. The van der Waals surface area contributed by atoms with Crippen molar-refractivity contribution in [2.45, 2.75) is 46.1 Å². The lowest BCUT2D eigenvalue weighted by Gasteiger charge is -2.30. The third-order valence-electron chi connectivity index (χ3n) is 3.99. The first kappa shape index (κ1) is 15.3. The average Bonchev–Trinajstić information content (AvgIpc) is 2.54. The van der Waals surface area contributed by atoms with Crippen LogP contribution in [0.1, 0.15) is 45.6 Å². The van der Waals surface area contributed by atoms with Gasteiger partial charge in [0.25, 0.3) is 0 Å². The monoisotopic (exact) mass is 281 g/mol. The fourth-order valence-electron chi connectivity index (χ4n) is 2.51. The molecular formula is C18H23N3. The second kappa shape index (κ2) is 7.08. The van der Waals surface area contributed by atoms with Crippen LogP contribution in [0.15, 0.2) is 30.3 Å². The number of nitrogens with zero attached hydrogens (tertiary/aromatic N) is 3. The summed E-state index contributed by atoms with van der Waals surface area (Å²) in [6, 6.07) is 12.5. The van der Waals surface area contributed by atoms with Crippen molar-refractivity contribution in [3.05, 3.63) is 35.9 Å². The Bertz CT molecular complexity index is 642. The van der Waals surface area contributed by atoms with E-state index >= 15 is 0 Å². The highest BCUT2D eigenvalue weighted by molar-refractivity contribution is 5.86. The Kier molecular flexibility index (Phi) is 5.16. The lowest BCUT2D eigenvalue weighted by molar-refractivity contribution is 0.590. The molecule has 0 aliphatic heterocycles. The summed E-state index contributed by atoms with van der Waals surface area (Å²) in [5.74, 6) is 0.924. The van der Waals surface area contributed by atoms with Crippen LogP contribution in [0.25, 0.3) is 10.9 Å². The number of pyridine rings is 1. The number of para-hydroxylation sites is 1. The minimum atomic E-state index is 0.428. The molecule has 1 atom stereocenters. The maximum atomic E-state index is 9.42. The fraction of sp³-hybridized carbons (Fsp3) is 0.444. The molecule has 0 aliphatic rings. The van der Waals surface area contributed by atoms with Crippen LogP contribution in [0.4, 0.5) is 5.82 Å². The van der Waals surface area contributed by atoms with Gasteiger partial charge >= 0.3 is 0 Å². The summed E-state index contributed by atoms with van der Waals surface area (Å²) in [5, 5.41) is 10.4. The van der Waals surface area contributed by atoms with Gasteiger partial charge in [-0.2, -0.15) is 5.26 Å². The zero-order chi connectivity index (χ0) is 15.2. The highest BCUT2D eigenvalue weighted by atomic mass is 15.2. The van der Waals surface area contributed by atoms with Crippen molar-refractivity contribution in [3.8, 4) is 6.07 Å². The third-order valence-corrected chi connectivity index (χ3v) is 3.99. The molecule has 1 unspecified atom stereocenters. The first-order chi connectivity index (χ1) is 10.2. The van der Waals surface area contributed by atoms with Crippen molar-refractivity contribution in [2.24, 2.45) is 0 Å². The molecule has 3 nitrogen and oxygen atoms in total. The Morgan fingerprint density at radius 2 is 2.05 bits per heavy atom. The number of anilines is 1. The van der Waals surface area contributed by atoms with Gasteiger partial charge < -0.3 is 4.90 Å². The van der Waals surface area contributed by atoms with Crippen LogP contribution in [-0.2, 0) is 0 Å². The quantitative estimate of drug-likeness (QED) is 0.782. The minimum Gasteiger partial charge on any atom is -0.354 e. The Labute approximate surface area is 127 Å². The third kappa shape index (κ3) is 3.33. The molecule has 0 saturated carbocycles. The zero-order valence-corrected chi connectivity index (χ0v) is 13.1. The number of nitriles is 1. The van der Waals surface area contributed by atoms with Crippen LogP contribution >= 0.6 is 0 Å². The number of hydrogen-bond acceptors (Lipinski definition) is 3. The summed E-state index contributed by atoms with van der Waals surface area (Å²) >= 11 is 0. The molecular weight excluding hydrogens is 258 g/mol. The largest absolute Gasteiger partial charge is 0.354 e. The van der Waals surface area contributed by atoms with Crippen LogP contribution in [0.3, 0.4) is 0 Å². The molecule has 1 aromatic heterocycles. The molecule has 0 N–H and O–H groups in total. The van der Waals surface area contributed by atoms with E-state index in [1.807, 2.05) is 30.3 Å². The van der Waals surface area contributed by atoms with Gasteiger partial charge in [-0.05, 0) is 31.9 Å². The van der Waals surface area contributed by atoms with Gasteiger partial charge in [-0.25, -0.2) is 4.98 Å². The molecule has 0 radical (unpaired) electrons. The van der Waals surface area contributed by atoms with Crippen LogP contribution in [0.2, 0.25) is 0 Å². The first-order valence-corrected chi connectivity index (χ1v) is 7.77. The standard InChI is InChI=1S/C18H23N3/c1-4-6-11-21(14(3)5-2)18-12-15(13-19)16-9-7-8-10-17(16)20-18/h7-10,12,14H,4-6,11H2,1-3H3. The van der Waals surface area contributed by atoms with Crippen molar-refractivity contribution in [1.29, 1.82) is 5.26 Å². The summed E-state index contributed by atoms with van der Waals surface area (Å²) in [6.07, 6.45) is 3.37. The van der Waals surface area contributed by atoms with E-state index < -0.39 is 0 Å². The molecule has 21 heavy (non-hydrogen) atoms. The average molecular weight is 281 g/mol. The number of fused-ring (bicyclic) bond motifs is 1. The number of benzene rings is 1. The van der Waals surface area contributed by atoms with Crippen LogP contribution < -0.4 is 4.90 Å². The fourth-order valence-corrected chi connectivity index (χ4v) is 2.51. The van der Waals surface area contributed by atoms with Gasteiger partial charge in [0.05, 0.1) is 17.1 Å². The highest BCUT2D eigenvalue weighted by Crippen LogP contribution is 2.24. The molecule has 1 heterocycles. The molecule has 0 spiro atoms. The number of hydrogen-bond donors (Lipinski definition) is 0. The summed E-state index contributed by atoms with van der Waals surface area (Å²) < 4.78 is 0. The lowest BCUT2D eigenvalue weighted by Crippen LogP contribution is -2.34. The van der Waals surface area contributed by atoms with Crippen molar-refractivity contribution in [2.75, 3.05) is 11.4 Å². The Balaban J connectivity index is 2.49. The van der Waals surface area contributed by atoms with Gasteiger partial charge in [-0.1, -0.05) is 38.5 Å². The van der Waals surface area contributed by atoms with Crippen molar-refractivity contribution < 1.29 is 0 Å². The Morgan fingerprint density at radius 1 is 1.29 bits per heavy atom. The number of unbranched alkanes of at least 4 members (excludes halogenated alkanes) is 1. The topological polar surface area (TPSA) is 39.9 Å². The van der Waals surface area contributed by atoms with E-state index in [1.54, 1.807) is 0 Å². The van der Waals surface area contributed by atoms with Crippen LogP contribution in [0.5, 0.6) is 0 Å². The zero-order valence-electron chi connectivity index (χ0n) is 13.1. The molecule has 0 bridgehead atoms.